The number of nitrogens with one attached hydrogen (secondary N) is 1. The second kappa shape index (κ2) is 9.35. The normalized spacial score (nSPS) is 11.5. The SMILES string of the molecule is O=[N+]([O-])c1ccccc1-c1cccc2c1oc1ccccc12.c1ccc2c(c1)[nH]c1ccc3c4ccccc4oc3c12. The standard InChI is InChI=1S/C18H11NO3.C18H11NO/c20-19(21)16-10-3-1-6-12(16)14-8-5-9-15-13-7-2-4-11-17(13)22-18(14)15;1-3-7-14-13(6-1)17-15(19-14)10-9-12-11-5-2-4-8-16(11)20-18(12)17/h1-11H;1-10,19H. The number of para-hydroxylation sites is 5. The maximum atomic E-state index is 11.3. The third kappa shape index (κ3) is 3.66. The molecular formula is C36H22N2O4. The van der Waals surface area contributed by atoms with Crippen molar-refractivity contribution in [3.8, 4) is 11.1 Å². The number of benzene rings is 6. The van der Waals surface area contributed by atoms with Crippen LogP contribution < -0.4 is 0 Å². The first-order valence-corrected chi connectivity index (χ1v) is 13.6. The van der Waals surface area contributed by atoms with E-state index in [1.54, 1.807) is 18.2 Å². The summed E-state index contributed by atoms with van der Waals surface area (Å²) in [6.07, 6.45) is 0. The average molecular weight is 547 g/mol. The Bertz CT molecular complexity index is 2460. The lowest BCUT2D eigenvalue weighted by Crippen LogP contribution is -1.91. The molecule has 1 N–H and O–H groups in total. The van der Waals surface area contributed by atoms with Crippen molar-refractivity contribution in [3.05, 3.63) is 138 Å². The van der Waals surface area contributed by atoms with Gasteiger partial charge >= 0.3 is 0 Å². The largest absolute Gasteiger partial charge is 0.455 e. The molecule has 0 saturated heterocycles. The molecule has 0 aliphatic heterocycles. The Labute approximate surface area is 238 Å². The lowest BCUT2D eigenvalue weighted by Gasteiger charge is -2.03. The van der Waals surface area contributed by atoms with Crippen LogP contribution in [0.5, 0.6) is 0 Å². The molecule has 0 aliphatic carbocycles. The van der Waals surface area contributed by atoms with Crippen LogP contribution in [-0.2, 0) is 0 Å². The van der Waals surface area contributed by atoms with Crippen molar-refractivity contribution in [2.45, 2.75) is 0 Å². The Kier molecular flexibility index (Phi) is 5.34. The quantitative estimate of drug-likeness (QED) is 0.173. The molecule has 0 atom stereocenters. The van der Waals surface area contributed by atoms with Gasteiger partial charge in [-0.3, -0.25) is 10.1 Å². The molecule has 42 heavy (non-hydrogen) atoms. The first-order chi connectivity index (χ1) is 20.7. The van der Waals surface area contributed by atoms with Crippen LogP contribution in [-0.4, -0.2) is 9.91 Å². The Morgan fingerprint density at radius 2 is 1.07 bits per heavy atom. The van der Waals surface area contributed by atoms with Gasteiger partial charge in [0.15, 0.2) is 0 Å². The van der Waals surface area contributed by atoms with Gasteiger partial charge in [-0.2, -0.15) is 0 Å². The van der Waals surface area contributed by atoms with E-state index in [9.17, 15) is 10.1 Å². The van der Waals surface area contributed by atoms with Gasteiger partial charge in [0.1, 0.15) is 22.3 Å². The van der Waals surface area contributed by atoms with Gasteiger partial charge in [-0.1, -0.05) is 84.9 Å². The van der Waals surface area contributed by atoms with Crippen molar-refractivity contribution < 1.29 is 13.8 Å². The summed E-state index contributed by atoms with van der Waals surface area (Å²) in [5.41, 5.74) is 7.03. The minimum Gasteiger partial charge on any atom is -0.455 e. The average Bonchev–Trinajstić information content (AvgIpc) is 3.72. The number of rotatable bonds is 2. The van der Waals surface area contributed by atoms with E-state index in [1.165, 1.54) is 27.6 Å². The molecule has 0 unspecified atom stereocenters. The first kappa shape index (κ1) is 24.0. The van der Waals surface area contributed by atoms with Crippen molar-refractivity contribution in [1.29, 1.82) is 0 Å². The second-order valence-corrected chi connectivity index (χ2v) is 10.2. The van der Waals surface area contributed by atoms with Crippen LogP contribution in [0.15, 0.2) is 136 Å². The molecule has 6 heteroatoms. The van der Waals surface area contributed by atoms with Gasteiger partial charge in [0.2, 0.25) is 0 Å². The smallest absolute Gasteiger partial charge is 0.277 e. The Morgan fingerprint density at radius 3 is 1.83 bits per heavy atom. The van der Waals surface area contributed by atoms with Crippen LogP contribution >= 0.6 is 0 Å². The van der Waals surface area contributed by atoms with Crippen molar-refractivity contribution in [1.82, 2.24) is 4.98 Å². The van der Waals surface area contributed by atoms with Crippen molar-refractivity contribution >= 4 is 71.4 Å². The van der Waals surface area contributed by atoms with Crippen LogP contribution in [0.25, 0.3) is 76.8 Å². The molecule has 200 valence electrons. The summed E-state index contributed by atoms with van der Waals surface area (Å²) in [6.45, 7) is 0. The van der Waals surface area contributed by atoms with E-state index >= 15 is 0 Å². The van der Waals surface area contributed by atoms with Gasteiger partial charge in [0.25, 0.3) is 5.69 Å². The predicted octanol–water partition coefficient (Wildman–Crippen LogP) is 10.4. The van der Waals surface area contributed by atoms with Crippen LogP contribution in [0.3, 0.4) is 0 Å². The zero-order valence-corrected chi connectivity index (χ0v) is 22.2. The van der Waals surface area contributed by atoms with Crippen molar-refractivity contribution in [2.75, 3.05) is 0 Å². The highest BCUT2D eigenvalue weighted by atomic mass is 16.6. The van der Waals surface area contributed by atoms with E-state index in [0.29, 0.717) is 11.1 Å². The van der Waals surface area contributed by atoms with E-state index in [0.717, 1.165) is 44.1 Å². The maximum absolute atomic E-state index is 11.3. The minimum atomic E-state index is -0.364. The molecule has 0 saturated carbocycles. The van der Waals surface area contributed by atoms with Gasteiger partial charge in [-0.25, -0.2) is 0 Å². The highest BCUT2D eigenvalue weighted by Gasteiger charge is 2.19. The van der Waals surface area contributed by atoms with Gasteiger partial charge in [-0.05, 0) is 36.4 Å². The molecule has 3 aromatic heterocycles. The fraction of sp³-hybridized carbons (Fsp3) is 0. The Balaban J connectivity index is 0.000000127. The summed E-state index contributed by atoms with van der Waals surface area (Å²) in [7, 11) is 0. The maximum Gasteiger partial charge on any atom is 0.277 e. The lowest BCUT2D eigenvalue weighted by atomic mass is 10.0. The summed E-state index contributed by atoms with van der Waals surface area (Å²) < 4.78 is 12.1. The van der Waals surface area contributed by atoms with E-state index in [2.05, 4.69) is 47.4 Å². The van der Waals surface area contributed by atoms with Gasteiger partial charge in [-0.15, -0.1) is 0 Å². The Hall–Kier alpha value is -5.88. The number of nitrogens with zero attached hydrogens (tertiary/aromatic N) is 1. The van der Waals surface area contributed by atoms with Gasteiger partial charge in [0.05, 0.1) is 21.4 Å². The molecule has 6 nitrogen and oxygen atoms in total. The summed E-state index contributed by atoms with van der Waals surface area (Å²) >= 11 is 0. The molecule has 0 amide bonds. The van der Waals surface area contributed by atoms with Gasteiger partial charge in [0, 0.05) is 44.1 Å². The molecule has 3 heterocycles. The van der Waals surface area contributed by atoms with Crippen LogP contribution in [0.4, 0.5) is 5.69 Å². The van der Waals surface area contributed by atoms with E-state index in [4.69, 9.17) is 8.83 Å². The van der Waals surface area contributed by atoms with Crippen molar-refractivity contribution in [3.63, 3.8) is 0 Å². The number of hydrogen-bond acceptors (Lipinski definition) is 4. The summed E-state index contributed by atoms with van der Waals surface area (Å²) in [5.74, 6) is 0. The molecule has 0 spiro atoms. The third-order valence-corrected chi connectivity index (χ3v) is 7.81. The molecule has 0 radical (unpaired) electrons. The number of nitro groups is 1. The lowest BCUT2D eigenvalue weighted by molar-refractivity contribution is -0.384. The van der Waals surface area contributed by atoms with Crippen molar-refractivity contribution in [2.24, 2.45) is 0 Å². The van der Waals surface area contributed by atoms with Crippen LogP contribution in [0.2, 0.25) is 0 Å². The molecule has 6 aromatic carbocycles. The molecule has 0 aliphatic rings. The number of fused-ring (bicyclic) bond motifs is 10. The predicted molar refractivity (Wildman–Crippen MR) is 169 cm³/mol. The first-order valence-electron chi connectivity index (χ1n) is 13.6. The van der Waals surface area contributed by atoms with Crippen LogP contribution in [0.1, 0.15) is 0 Å². The summed E-state index contributed by atoms with van der Waals surface area (Å²) in [5, 5.41) is 18.0. The number of aromatic nitrogens is 1. The highest BCUT2D eigenvalue weighted by molar-refractivity contribution is 6.22. The molecule has 9 aromatic rings. The second-order valence-electron chi connectivity index (χ2n) is 10.2. The molecular weight excluding hydrogens is 524 g/mol. The number of H-pyrrole nitrogens is 1. The number of hydrogen-bond donors (Lipinski definition) is 1. The minimum absolute atomic E-state index is 0.0791. The Morgan fingerprint density at radius 1 is 0.500 bits per heavy atom. The highest BCUT2D eigenvalue weighted by Crippen LogP contribution is 2.39. The monoisotopic (exact) mass is 546 g/mol. The fourth-order valence-electron chi connectivity index (χ4n) is 5.94. The van der Waals surface area contributed by atoms with E-state index in [-0.39, 0.29) is 10.6 Å². The topological polar surface area (TPSA) is 85.2 Å². The number of aromatic amines is 1. The zero-order valence-electron chi connectivity index (χ0n) is 22.2. The zero-order chi connectivity index (χ0) is 28.2. The molecule has 0 bridgehead atoms. The fourth-order valence-corrected chi connectivity index (χ4v) is 5.94. The third-order valence-electron chi connectivity index (χ3n) is 7.81. The van der Waals surface area contributed by atoms with Crippen LogP contribution in [0, 0.1) is 10.1 Å². The summed E-state index contributed by atoms with van der Waals surface area (Å²) in [4.78, 5) is 14.4. The molecule has 9 rings (SSSR count). The van der Waals surface area contributed by atoms with E-state index < -0.39 is 0 Å². The van der Waals surface area contributed by atoms with E-state index in [1.807, 2.05) is 60.7 Å². The number of furan rings is 2. The molecule has 0 fully saturated rings. The summed E-state index contributed by atoms with van der Waals surface area (Å²) in [6, 6.07) is 41.0. The van der Waals surface area contributed by atoms with Gasteiger partial charge < -0.3 is 13.8 Å². The number of nitro benzene ring substituents is 1.